The van der Waals surface area contributed by atoms with Crippen LogP contribution in [-0.4, -0.2) is 12.1 Å². The van der Waals surface area contributed by atoms with Gasteiger partial charge in [0.05, 0.1) is 5.97 Å². The molecular weight excluding hydrogens is 324 g/mol. The lowest BCUT2D eigenvalue weighted by atomic mass is 9.97. The molecule has 1 aliphatic heterocycles. The zero-order valence-corrected chi connectivity index (χ0v) is 15.2. The molecular formula is C23H27O3-. The number of unbranched alkanes of at least 4 members (excludes halogenated alkanes) is 5. The summed E-state index contributed by atoms with van der Waals surface area (Å²) < 4.78 is 5.25. The van der Waals surface area contributed by atoms with Crippen LogP contribution in [0.4, 0.5) is 0 Å². The second-order valence-electron chi connectivity index (χ2n) is 7.10. The highest BCUT2D eigenvalue weighted by Crippen LogP contribution is 2.40. The molecule has 3 heteroatoms. The summed E-state index contributed by atoms with van der Waals surface area (Å²) in [5, 5.41) is 10.9. The number of carboxylic acids is 1. The van der Waals surface area contributed by atoms with Crippen LogP contribution >= 0.6 is 0 Å². The van der Waals surface area contributed by atoms with E-state index in [4.69, 9.17) is 4.74 Å². The summed E-state index contributed by atoms with van der Waals surface area (Å²) >= 11 is 0. The predicted molar refractivity (Wildman–Crippen MR) is 101 cm³/mol. The minimum Gasteiger partial charge on any atom is -0.547 e. The van der Waals surface area contributed by atoms with Crippen molar-refractivity contribution in [2.75, 3.05) is 0 Å². The van der Waals surface area contributed by atoms with Crippen LogP contribution in [0.1, 0.15) is 61.3 Å². The Morgan fingerprint density at radius 1 is 0.808 bits per heavy atom. The monoisotopic (exact) mass is 351 g/mol. The van der Waals surface area contributed by atoms with Gasteiger partial charge in [0, 0.05) is 0 Å². The first-order chi connectivity index (χ1) is 12.8. The van der Waals surface area contributed by atoms with E-state index >= 15 is 0 Å². The van der Waals surface area contributed by atoms with Gasteiger partial charge >= 0.3 is 0 Å². The standard InChI is InChI=1S/C23H28O3/c24-23(25)22-21(26-22)20-17-11-10-16-19(20)15-9-4-2-1-3-6-12-18-13-7-5-8-14-18/h5,7-8,10-11,13-14,16-17,21-22H,1-4,6,9,12,15H2,(H,24,25)/p-1. The number of benzene rings is 2. The van der Waals surface area contributed by atoms with E-state index in [1.54, 1.807) is 0 Å². The van der Waals surface area contributed by atoms with Gasteiger partial charge in [0.25, 0.3) is 0 Å². The Labute approximate surface area is 156 Å². The molecule has 3 rings (SSSR count). The fourth-order valence-electron chi connectivity index (χ4n) is 3.56. The molecule has 1 heterocycles. The van der Waals surface area contributed by atoms with Gasteiger partial charge in [0.1, 0.15) is 12.2 Å². The minimum absolute atomic E-state index is 0.311. The summed E-state index contributed by atoms with van der Waals surface area (Å²) in [6.45, 7) is 0. The van der Waals surface area contributed by atoms with Gasteiger partial charge in [-0.2, -0.15) is 0 Å². The van der Waals surface area contributed by atoms with Crippen LogP contribution in [0.2, 0.25) is 0 Å². The number of carboxylic acid groups (broad SMARTS) is 1. The normalized spacial score (nSPS) is 18.6. The van der Waals surface area contributed by atoms with Crippen LogP contribution in [0, 0.1) is 0 Å². The van der Waals surface area contributed by atoms with E-state index in [1.807, 2.05) is 18.2 Å². The maximum absolute atomic E-state index is 10.9. The Bertz CT molecular complexity index is 696. The van der Waals surface area contributed by atoms with Crippen molar-refractivity contribution in [3.8, 4) is 0 Å². The molecule has 138 valence electrons. The second-order valence-corrected chi connectivity index (χ2v) is 7.10. The Balaban J connectivity index is 1.30. The number of hydrogen-bond acceptors (Lipinski definition) is 3. The van der Waals surface area contributed by atoms with Crippen molar-refractivity contribution >= 4 is 5.97 Å². The van der Waals surface area contributed by atoms with Crippen molar-refractivity contribution in [3.05, 3.63) is 71.3 Å². The molecule has 0 aromatic heterocycles. The molecule has 0 radical (unpaired) electrons. The highest BCUT2D eigenvalue weighted by atomic mass is 16.6. The van der Waals surface area contributed by atoms with Crippen molar-refractivity contribution in [3.63, 3.8) is 0 Å². The van der Waals surface area contributed by atoms with Crippen molar-refractivity contribution in [2.24, 2.45) is 0 Å². The SMILES string of the molecule is O=C([O-])C1OC1c1ccccc1CCCCCCCCc1ccccc1. The first kappa shape index (κ1) is 18.7. The number of aryl methyl sites for hydroxylation is 2. The van der Waals surface area contributed by atoms with Crippen LogP contribution in [0.15, 0.2) is 54.6 Å². The lowest BCUT2D eigenvalue weighted by molar-refractivity contribution is -0.307. The van der Waals surface area contributed by atoms with Gasteiger partial charge in [-0.05, 0) is 42.4 Å². The number of ether oxygens (including phenoxy) is 1. The van der Waals surface area contributed by atoms with E-state index in [9.17, 15) is 9.90 Å². The van der Waals surface area contributed by atoms with E-state index in [2.05, 4.69) is 36.4 Å². The van der Waals surface area contributed by atoms with Gasteiger partial charge in [-0.25, -0.2) is 0 Å². The highest BCUT2D eigenvalue weighted by Gasteiger charge is 2.42. The first-order valence-corrected chi connectivity index (χ1v) is 9.74. The Morgan fingerprint density at radius 3 is 2.12 bits per heavy atom. The molecule has 0 aliphatic carbocycles. The van der Waals surface area contributed by atoms with Crippen molar-refractivity contribution in [1.82, 2.24) is 0 Å². The average Bonchev–Trinajstić information content (AvgIpc) is 3.46. The third kappa shape index (κ3) is 5.43. The summed E-state index contributed by atoms with van der Waals surface area (Å²) in [6.07, 6.45) is 8.54. The van der Waals surface area contributed by atoms with Gasteiger partial charge in [-0.3, -0.25) is 0 Å². The van der Waals surface area contributed by atoms with Crippen LogP contribution < -0.4 is 5.11 Å². The van der Waals surface area contributed by atoms with Gasteiger partial charge in [-0.1, -0.05) is 80.3 Å². The van der Waals surface area contributed by atoms with Crippen LogP contribution in [0.3, 0.4) is 0 Å². The predicted octanol–water partition coefficient (Wildman–Crippen LogP) is 4.00. The van der Waals surface area contributed by atoms with Crippen molar-refractivity contribution in [2.45, 2.75) is 63.6 Å². The molecule has 26 heavy (non-hydrogen) atoms. The van der Waals surface area contributed by atoms with E-state index in [1.165, 1.54) is 49.7 Å². The van der Waals surface area contributed by atoms with Crippen molar-refractivity contribution in [1.29, 1.82) is 0 Å². The number of hydrogen-bond donors (Lipinski definition) is 0. The topological polar surface area (TPSA) is 52.7 Å². The van der Waals surface area contributed by atoms with Crippen LogP contribution in [-0.2, 0) is 22.4 Å². The summed E-state index contributed by atoms with van der Waals surface area (Å²) in [7, 11) is 0. The zero-order valence-electron chi connectivity index (χ0n) is 15.2. The molecule has 0 spiro atoms. The number of rotatable bonds is 11. The number of carbonyl (C=O) groups is 1. The van der Waals surface area contributed by atoms with E-state index < -0.39 is 12.1 Å². The summed E-state index contributed by atoms with van der Waals surface area (Å²) in [5.74, 6) is -1.11. The summed E-state index contributed by atoms with van der Waals surface area (Å²) in [5.41, 5.74) is 3.66. The quantitative estimate of drug-likeness (QED) is 0.454. The molecule has 0 amide bonds. The van der Waals surface area contributed by atoms with E-state index in [0.29, 0.717) is 0 Å². The third-order valence-electron chi connectivity index (χ3n) is 5.09. The van der Waals surface area contributed by atoms with Crippen LogP contribution in [0.5, 0.6) is 0 Å². The molecule has 2 aromatic carbocycles. The average molecular weight is 351 g/mol. The molecule has 0 N–H and O–H groups in total. The Kier molecular flexibility index (Phi) is 6.84. The highest BCUT2D eigenvalue weighted by molar-refractivity contribution is 5.74. The largest absolute Gasteiger partial charge is 0.547 e. The van der Waals surface area contributed by atoms with Gasteiger partial charge < -0.3 is 14.6 Å². The molecule has 1 saturated heterocycles. The Hall–Kier alpha value is -2.13. The van der Waals surface area contributed by atoms with Crippen LogP contribution in [0.25, 0.3) is 0 Å². The Morgan fingerprint density at radius 2 is 1.42 bits per heavy atom. The van der Waals surface area contributed by atoms with Gasteiger partial charge in [0.2, 0.25) is 0 Å². The smallest absolute Gasteiger partial charge is 0.128 e. The maximum atomic E-state index is 10.9. The fourth-order valence-corrected chi connectivity index (χ4v) is 3.56. The third-order valence-corrected chi connectivity index (χ3v) is 5.09. The van der Waals surface area contributed by atoms with Gasteiger partial charge in [0.15, 0.2) is 0 Å². The van der Waals surface area contributed by atoms with Crippen molar-refractivity contribution < 1.29 is 14.6 Å². The molecule has 0 saturated carbocycles. The molecule has 1 fully saturated rings. The van der Waals surface area contributed by atoms with E-state index in [-0.39, 0.29) is 6.10 Å². The molecule has 3 nitrogen and oxygen atoms in total. The lowest BCUT2D eigenvalue weighted by Crippen LogP contribution is -2.28. The zero-order chi connectivity index (χ0) is 18.2. The molecule has 2 atom stereocenters. The summed E-state index contributed by atoms with van der Waals surface area (Å²) in [6, 6.07) is 18.7. The lowest BCUT2D eigenvalue weighted by Gasteiger charge is -2.08. The number of aliphatic carboxylic acids is 1. The summed E-state index contributed by atoms with van der Waals surface area (Å²) in [4.78, 5) is 10.9. The fraction of sp³-hybridized carbons (Fsp3) is 0.435. The number of carbonyl (C=O) groups excluding carboxylic acids is 1. The maximum Gasteiger partial charge on any atom is 0.128 e. The minimum atomic E-state index is -1.11. The van der Waals surface area contributed by atoms with E-state index in [0.717, 1.165) is 18.4 Å². The van der Waals surface area contributed by atoms with Gasteiger partial charge in [-0.15, -0.1) is 0 Å². The molecule has 1 aliphatic rings. The molecule has 0 bridgehead atoms. The molecule has 2 unspecified atom stereocenters. The number of epoxide rings is 1. The second kappa shape index (κ2) is 9.54. The first-order valence-electron chi connectivity index (χ1n) is 9.74. The molecule has 2 aromatic rings.